The van der Waals surface area contributed by atoms with Crippen molar-refractivity contribution in [1.29, 1.82) is 0 Å². The van der Waals surface area contributed by atoms with E-state index in [1.807, 2.05) is 0 Å². The maximum absolute atomic E-state index is 11.6. The van der Waals surface area contributed by atoms with Gasteiger partial charge in [-0.05, 0) is 6.07 Å². The van der Waals surface area contributed by atoms with Crippen LogP contribution in [0.3, 0.4) is 0 Å². The van der Waals surface area contributed by atoms with Crippen LogP contribution in [0.15, 0.2) is 29.4 Å². The summed E-state index contributed by atoms with van der Waals surface area (Å²) >= 11 is 6.05. The van der Waals surface area contributed by atoms with Crippen molar-refractivity contribution in [3.05, 3.63) is 35.0 Å². The van der Waals surface area contributed by atoms with Crippen LogP contribution in [0.4, 0.5) is 0 Å². The second kappa shape index (κ2) is 4.92. The molecule has 0 aliphatic rings. The molecule has 106 valence electrons. The maximum atomic E-state index is 11.6. The lowest BCUT2D eigenvalue weighted by Gasteiger charge is -2.07. The van der Waals surface area contributed by atoms with Crippen molar-refractivity contribution in [2.24, 2.45) is 7.05 Å². The Morgan fingerprint density at radius 1 is 1.35 bits per heavy atom. The van der Waals surface area contributed by atoms with E-state index in [4.69, 9.17) is 11.6 Å². The van der Waals surface area contributed by atoms with Crippen LogP contribution in [0, 0.1) is 0 Å². The lowest BCUT2D eigenvalue weighted by Crippen LogP contribution is -2.06. The summed E-state index contributed by atoms with van der Waals surface area (Å²) in [7, 11) is -2.21. The number of aromatic carboxylic acids is 1. The van der Waals surface area contributed by atoms with Crippen molar-refractivity contribution >= 4 is 27.4 Å². The number of halogens is 1. The maximum Gasteiger partial charge on any atom is 0.356 e. The van der Waals surface area contributed by atoms with E-state index in [0.29, 0.717) is 10.6 Å². The molecule has 0 bridgehead atoms. The van der Waals surface area contributed by atoms with E-state index in [-0.39, 0.29) is 16.5 Å². The summed E-state index contributed by atoms with van der Waals surface area (Å²) in [6.45, 7) is 0. The number of rotatable bonds is 3. The van der Waals surface area contributed by atoms with Crippen LogP contribution < -0.4 is 0 Å². The number of imidazole rings is 1. The van der Waals surface area contributed by atoms with Crippen molar-refractivity contribution in [3.8, 4) is 11.3 Å². The van der Waals surface area contributed by atoms with Gasteiger partial charge in [0.2, 0.25) is 15.0 Å². The number of carboxylic acids is 1. The van der Waals surface area contributed by atoms with Crippen molar-refractivity contribution in [3.63, 3.8) is 0 Å². The first-order valence-corrected chi connectivity index (χ1v) is 7.75. The van der Waals surface area contributed by atoms with E-state index in [1.54, 1.807) is 24.3 Å². The zero-order valence-electron chi connectivity index (χ0n) is 10.7. The first kappa shape index (κ1) is 14.5. The number of hydrogen-bond acceptors (Lipinski definition) is 4. The van der Waals surface area contributed by atoms with Gasteiger partial charge in [-0.25, -0.2) is 18.2 Å². The number of nitrogens with zero attached hydrogens (tertiary/aromatic N) is 2. The van der Waals surface area contributed by atoms with Gasteiger partial charge in [-0.1, -0.05) is 29.8 Å². The van der Waals surface area contributed by atoms with Gasteiger partial charge >= 0.3 is 5.97 Å². The number of carboxylic acid groups (broad SMARTS) is 1. The van der Waals surface area contributed by atoms with Gasteiger partial charge in [-0.2, -0.15) is 0 Å². The summed E-state index contributed by atoms with van der Waals surface area (Å²) in [5, 5.41) is 9.21. The van der Waals surface area contributed by atoms with Gasteiger partial charge in [0.05, 0.1) is 5.69 Å². The molecule has 6 nitrogen and oxygen atoms in total. The number of aromatic nitrogens is 2. The molecule has 0 saturated carbocycles. The summed E-state index contributed by atoms with van der Waals surface area (Å²) in [5.41, 5.74) is 0.223. The Morgan fingerprint density at radius 2 is 1.95 bits per heavy atom. The summed E-state index contributed by atoms with van der Waals surface area (Å²) in [6.07, 6.45) is 0.970. The Balaban J connectivity index is 2.86. The minimum Gasteiger partial charge on any atom is -0.476 e. The van der Waals surface area contributed by atoms with Crippen LogP contribution in [-0.4, -0.2) is 35.3 Å². The minimum atomic E-state index is -3.64. The summed E-state index contributed by atoms with van der Waals surface area (Å²) in [4.78, 5) is 15.0. The Bertz CT molecular complexity index is 796. The van der Waals surface area contributed by atoms with Gasteiger partial charge in [0, 0.05) is 23.9 Å². The number of benzene rings is 1. The van der Waals surface area contributed by atoms with E-state index in [9.17, 15) is 18.3 Å². The third kappa shape index (κ3) is 2.41. The lowest BCUT2D eigenvalue weighted by molar-refractivity contribution is 0.0691. The van der Waals surface area contributed by atoms with Crippen LogP contribution in [0.2, 0.25) is 5.02 Å². The first-order valence-electron chi connectivity index (χ1n) is 5.48. The van der Waals surface area contributed by atoms with Crippen LogP contribution in [0.5, 0.6) is 0 Å². The van der Waals surface area contributed by atoms with E-state index in [2.05, 4.69) is 4.98 Å². The molecule has 0 unspecified atom stereocenters. The van der Waals surface area contributed by atoms with Crippen molar-refractivity contribution in [1.82, 2.24) is 9.55 Å². The van der Waals surface area contributed by atoms with Crippen molar-refractivity contribution < 1.29 is 18.3 Å². The van der Waals surface area contributed by atoms with Gasteiger partial charge in [0.25, 0.3) is 0 Å². The van der Waals surface area contributed by atoms with Crippen LogP contribution in [0.1, 0.15) is 10.5 Å². The molecule has 1 aromatic heterocycles. The molecular weight excluding hydrogens is 304 g/mol. The summed E-state index contributed by atoms with van der Waals surface area (Å²) in [6, 6.07) is 6.58. The molecule has 2 aromatic rings. The van der Waals surface area contributed by atoms with Gasteiger partial charge in [0.1, 0.15) is 0 Å². The quantitative estimate of drug-likeness (QED) is 0.933. The smallest absolute Gasteiger partial charge is 0.356 e. The second-order valence-electron chi connectivity index (χ2n) is 4.21. The Morgan fingerprint density at radius 3 is 2.45 bits per heavy atom. The van der Waals surface area contributed by atoms with Crippen molar-refractivity contribution in [2.75, 3.05) is 6.26 Å². The fraction of sp³-hybridized carbons (Fsp3) is 0.167. The molecule has 0 radical (unpaired) electrons. The molecule has 0 amide bonds. The Kier molecular flexibility index (Phi) is 3.58. The molecule has 0 aliphatic carbocycles. The second-order valence-corrected chi connectivity index (χ2v) is 6.52. The highest BCUT2D eigenvalue weighted by Crippen LogP contribution is 2.31. The molecule has 0 spiro atoms. The van der Waals surface area contributed by atoms with E-state index in [1.165, 1.54) is 11.6 Å². The lowest BCUT2D eigenvalue weighted by atomic mass is 10.1. The van der Waals surface area contributed by atoms with Gasteiger partial charge in [-0.15, -0.1) is 0 Å². The standard InChI is InChI=1S/C12H11ClN2O4S/c1-15-10(7-5-3-4-6-8(7)13)9(11(16)17)14-12(15)20(2,18)19/h3-6H,1-2H3,(H,16,17). The molecule has 20 heavy (non-hydrogen) atoms. The molecule has 1 N–H and O–H groups in total. The minimum absolute atomic E-state index is 0.156. The average Bonchev–Trinajstić information content (AvgIpc) is 2.67. The molecule has 0 fully saturated rings. The highest BCUT2D eigenvalue weighted by atomic mass is 35.5. The first-order chi connectivity index (χ1) is 9.23. The number of sulfone groups is 1. The fourth-order valence-electron chi connectivity index (χ4n) is 1.92. The van der Waals surface area contributed by atoms with Gasteiger partial charge < -0.3 is 9.67 Å². The van der Waals surface area contributed by atoms with E-state index < -0.39 is 15.8 Å². The normalized spacial score (nSPS) is 11.6. The molecule has 2 rings (SSSR count). The molecule has 8 heteroatoms. The number of hydrogen-bond donors (Lipinski definition) is 1. The average molecular weight is 315 g/mol. The largest absolute Gasteiger partial charge is 0.476 e. The van der Waals surface area contributed by atoms with Crippen molar-refractivity contribution in [2.45, 2.75) is 5.16 Å². The molecular formula is C12H11ClN2O4S. The highest BCUT2D eigenvalue weighted by molar-refractivity contribution is 7.90. The molecule has 0 saturated heterocycles. The Labute approximate surface area is 120 Å². The molecule has 0 atom stereocenters. The zero-order chi connectivity index (χ0) is 15.1. The van der Waals surface area contributed by atoms with Gasteiger partial charge in [0.15, 0.2) is 5.69 Å². The molecule has 0 aliphatic heterocycles. The van der Waals surface area contributed by atoms with Gasteiger partial charge in [-0.3, -0.25) is 0 Å². The summed E-state index contributed by atoms with van der Waals surface area (Å²) < 4.78 is 24.5. The van der Waals surface area contributed by atoms with Crippen LogP contribution in [-0.2, 0) is 16.9 Å². The van der Waals surface area contributed by atoms with Crippen LogP contribution >= 0.6 is 11.6 Å². The SMILES string of the molecule is Cn1c(S(C)(=O)=O)nc(C(=O)O)c1-c1ccccc1Cl. The predicted octanol–water partition coefficient (Wildman–Crippen LogP) is 1.84. The third-order valence-corrected chi connectivity index (χ3v) is 4.08. The topological polar surface area (TPSA) is 89.3 Å². The van der Waals surface area contributed by atoms with E-state index >= 15 is 0 Å². The monoisotopic (exact) mass is 314 g/mol. The third-order valence-electron chi connectivity index (χ3n) is 2.72. The Hall–Kier alpha value is -1.86. The summed E-state index contributed by atoms with van der Waals surface area (Å²) in [5.74, 6) is -1.31. The van der Waals surface area contributed by atoms with Crippen LogP contribution in [0.25, 0.3) is 11.3 Å². The van der Waals surface area contributed by atoms with E-state index in [0.717, 1.165) is 6.26 Å². The molecule has 1 heterocycles. The fourth-order valence-corrected chi connectivity index (χ4v) is 2.99. The number of carbonyl (C=O) groups is 1. The predicted molar refractivity (Wildman–Crippen MR) is 73.7 cm³/mol. The highest BCUT2D eigenvalue weighted by Gasteiger charge is 2.26. The molecule has 1 aromatic carbocycles. The zero-order valence-corrected chi connectivity index (χ0v) is 12.2.